The van der Waals surface area contributed by atoms with E-state index in [4.69, 9.17) is 9.47 Å². The van der Waals surface area contributed by atoms with Gasteiger partial charge in [-0.3, -0.25) is 14.9 Å². The number of halogens is 1. The SMILES string of the molecule is CC[C@H](C)c1nc2ccc(Br)cc2c(=O)n1N=Cc1cc(OC)c(OC)c([N+](=O)[O-])c1. The zero-order valence-corrected chi connectivity index (χ0v) is 19.0. The average Bonchev–Trinajstić information content (AvgIpc) is 2.77. The first-order valence-electron chi connectivity index (χ1n) is 9.47. The van der Waals surface area contributed by atoms with Gasteiger partial charge in [0.1, 0.15) is 5.82 Å². The lowest BCUT2D eigenvalue weighted by molar-refractivity contribution is -0.385. The van der Waals surface area contributed by atoms with Crippen molar-refractivity contribution in [3.63, 3.8) is 0 Å². The molecule has 0 saturated heterocycles. The normalized spacial score (nSPS) is 12.3. The van der Waals surface area contributed by atoms with Crippen LogP contribution >= 0.6 is 15.9 Å². The maximum Gasteiger partial charge on any atom is 0.315 e. The topological polar surface area (TPSA) is 109 Å². The Morgan fingerprint density at radius 3 is 2.65 bits per heavy atom. The lowest BCUT2D eigenvalue weighted by atomic mass is 10.1. The van der Waals surface area contributed by atoms with Crippen LogP contribution in [-0.4, -0.2) is 35.0 Å². The van der Waals surface area contributed by atoms with Crippen molar-refractivity contribution in [2.24, 2.45) is 5.10 Å². The highest BCUT2D eigenvalue weighted by atomic mass is 79.9. The number of methoxy groups -OCH3 is 2. The van der Waals surface area contributed by atoms with Gasteiger partial charge in [-0.2, -0.15) is 9.78 Å². The lowest BCUT2D eigenvalue weighted by Gasteiger charge is -2.14. The summed E-state index contributed by atoms with van der Waals surface area (Å²) in [6.45, 7) is 3.95. The summed E-state index contributed by atoms with van der Waals surface area (Å²) < 4.78 is 12.3. The Balaban J connectivity index is 2.21. The predicted octanol–water partition coefficient (Wildman–Crippen LogP) is 4.48. The molecule has 0 bridgehead atoms. The van der Waals surface area contributed by atoms with Gasteiger partial charge in [-0.15, -0.1) is 0 Å². The van der Waals surface area contributed by atoms with Crippen LogP contribution in [0.25, 0.3) is 10.9 Å². The Bertz CT molecular complexity index is 1240. The minimum Gasteiger partial charge on any atom is -0.493 e. The van der Waals surface area contributed by atoms with Crippen molar-refractivity contribution in [3.05, 3.63) is 66.7 Å². The van der Waals surface area contributed by atoms with Gasteiger partial charge in [-0.05, 0) is 30.7 Å². The van der Waals surface area contributed by atoms with Crippen molar-refractivity contribution >= 4 is 38.7 Å². The molecule has 0 aliphatic heterocycles. The van der Waals surface area contributed by atoms with Gasteiger partial charge in [0.05, 0.1) is 36.3 Å². The average molecular weight is 489 g/mol. The molecule has 9 nitrogen and oxygen atoms in total. The molecule has 0 radical (unpaired) electrons. The van der Waals surface area contributed by atoms with Gasteiger partial charge in [0.15, 0.2) is 5.75 Å². The van der Waals surface area contributed by atoms with Crippen LogP contribution in [0.1, 0.15) is 37.6 Å². The molecule has 0 spiro atoms. The van der Waals surface area contributed by atoms with Crippen molar-refractivity contribution < 1.29 is 14.4 Å². The third-order valence-electron chi connectivity index (χ3n) is 4.89. The molecule has 0 N–H and O–H groups in total. The van der Waals surface area contributed by atoms with Crippen LogP contribution in [0.3, 0.4) is 0 Å². The van der Waals surface area contributed by atoms with Crippen molar-refractivity contribution in [1.29, 1.82) is 0 Å². The molecule has 1 atom stereocenters. The first-order valence-corrected chi connectivity index (χ1v) is 10.3. The Hall–Kier alpha value is -3.27. The Kier molecular flexibility index (Phi) is 6.69. The van der Waals surface area contributed by atoms with E-state index in [-0.39, 0.29) is 28.7 Å². The third kappa shape index (κ3) is 4.43. The summed E-state index contributed by atoms with van der Waals surface area (Å²) in [6.07, 6.45) is 2.12. The second kappa shape index (κ2) is 9.25. The Labute approximate surface area is 186 Å². The zero-order chi connectivity index (χ0) is 22.7. The number of nitrogens with zero attached hydrogens (tertiary/aromatic N) is 4. The van der Waals surface area contributed by atoms with Gasteiger partial charge in [0.25, 0.3) is 5.56 Å². The highest BCUT2D eigenvalue weighted by Gasteiger charge is 2.21. The van der Waals surface area contributed by atoms with Crippen LogP contribution in [0.15, 0.2) is 44.7 Å². The largest absolute Gasteiger partial charge is 0.493 e. The fourth-order valence-electron chi connectivity index (χ4n) is 3.08. The standard InChI is InChI=1S/C21H21BrN4O5/c1-5-12(2)20-24-16-7-6-14(22)10-15(16)21(27)25(20)23-11-13-8-17(26(28)29)19(31-4)18(9-13)30-3/h6-12H,5H2,1-4H3/t12-/m0/s1. The summed E-state index contributed by atoms with van der Waals surface area (Å²) in [6, 6.07) is 8.15. The van der Waals surface area contributed by atoms with E-state index in [2.05, 4.69) is 26.0 Å². The van der Waals surface area contributed by atoms with Gasteiger partial charge in [-0.1, -0.05) is 29.8 Å². The number of ether oxygens (including phenoxy) is 2. The van der Waals surface area contributed by atoms with Crippen LogP contribution < -0.4 is 15.0 Å². The molecular formula is C21H21BrN4O5. The molecule has 2 aromatic carbocycles. The predicted molar refractivity (Wildman–Crippen MR) is 122 cm³/mol. The highest BCUT2D eigenvalue weighted by molar-refractivity contribution is 9.10. The monoisotopic (exact) mass is 488 g/mol. The van der Waals surface area contributed by atoms with E-state index in [0.29, 0.717) is 22.3 Å². The van der Waals surface area contributed by atoms with Gasteiger partial charge in [0.2, 0.25) is 5.75 Å². The summed E-state index contributed by atoms with van der Waals surface area (Å²) in [4.78, 5) is 28.7. The van der Waals surface area contributed by atoms with Crippen molar-refractivity contribution in [1.82, 2.24) is 9.66 Å². The van der Waals surface area contributed by atoms with Crippen LogP contribution in [-0.2, 0) is 0 Å². The molecule has 0 fully saturated rings. The van der Waals surface area contributed by atoms with Gasteiger partial charge in [0, 0.05) is 22.0 Å². The minimum atomic E-state index is -0.565. The first-order chi connectivity index (χ1) is 14.8. The molecule has 10 heteroatoms. The maximum atomic E-state index is 13.2. The van der Waals surface area contributed by atoms with E-state index >= 15 is 0 Å². The molecule has 162 valence electrons. The lowest BCUT2D eigenvalue weighted by Crippen LogP contribution is -2.23. The molecule has 0 saturated carbocycles. The molecule has 3 aromatic rings. The summed E-state index contributed by atoms with van der Waals surface area (Å²) in [5.74, 6) is 0.679. The van der Waals surface area contributed by atoms with E-state index < -0.39 is 4.92 Å². The van der Waals surface area contributed by atoms with Gasteiger partial charge >= 0.3 is 5.69 Å². The smallest absolute Gasteiger partial charge is 0.315 e. The number of aromatic nitrogens is 2. The highest BCUT2D eigenvalue weighted by Crippen LogP contribution is 2.37. The second-order valence-corrected chi connectivity index (χ2v) is 7.75. The van der Waals surface area contributed by atoms with E-state index in [0.717, 1.165) is 10.9 Å². The zero-order valence-electron chi connectivity index (χ0n) is 17.5. The fourth-order valence-corrected chi connectivity index (χ4v) is 3.44. The minimum absolute atomic E-state index is 0.0133. The summed E-state index contributed by atoms with van der Waals surface area (Å²) in [7, 11) is 2.72. The molecule has 0 amide bonds. The summed E-state index contributed by atoms with van der Waals surface area (Å²) >= 11 is 3.37. The van der Waals surface area contributed by atoms with Crippen LogP contribution in [0.4, 0.5) is 5.69 Å². The third-order valence-corrected chi connectivity index (χ3v) is 5.38. The number of nitro groups is 1. The van der Waals surface area contributed by atoms with Crippen molar-refractivity contribution in [2.75, 3.05) is 14.2 Å². The van der Waals surface area contributed by atoms with E-state index in [9.17, 15) is 14.9 Å². The quantitative estimate of drug-likeness (QED) is 0.275. The van der Waals surface area contributed by atoms with Gasteiger partial charge in [-0.25, -0.2) is 4.98 Å². The number of rotatable bonds is 7. The van der Waals surface area contributed by atoms with E-state index in [1.165, 1.54) is 31.2 Å². The van der Waals surface area contributed by atoms with Crippen LogP contribution in [0, 0.1) is 10.1 Å². The fraction of sp³-hybridized carbons (Fsp3) is 0.286. The molecule has 0 unspecified atom stereocenters. The number of fused-ring (bicyclic) bond motifs is 1. The molecule has 3 rings (SSSR count). The maximum absolute atomic E-state index is 13.2. The second-order valence-electron chi connectivity index (χ2n) is 6.83. The molecule has 31 heavy (non-hydrogen) atoms. The molecule has 0 aliphatic rings. The Morgan fingerprint density at radius 1 is 1.29 bits per heavy atom. The Morgan fingerprint density at radius 2 is 2.03 bits per heavy atom. The molecular weight excluding hydrogens is 468 g/mol. The van der Waals surface area contributed by atoms with Crippen molar-refractivity contribution in [3.8, 4) is 11.5 Å². The summed E-state index contributed by atoms with van der Waals surface area (Å²) in [5, 5.41) is 16.2. The summed E-state index contributed by atoms with van der Waals surface area (Å²) in [5.41, 5.74) is 0.364. The van der Waals surface area contributed by atoms with Crippen LogP contribution in [0.5, 0.6) is 11.5 Å². The number of nitro benzene ring substituents is 1. The number of hydrogen-bond donors (Lipinski definition) is 0. The molecule has 1 aromatic heterocycles. The van der Waals surface area contributed by atoms with E-state index in [1.807, 2.05) is 19.9 Å². The van der Waals surface area contributed by atoms with E-state index in [1.54, 1.807) is 18.2 Å². The number of benzene rings is 2. The molecule has 1 heterocycles. The van der Waals surface area contributed by atoms with Gasteiger partial charge < -0.3 is 9.47 Å². The molecule has 0 aliphatic carbocycles. The first kappa shape index (κ1) is 22.4. The van der Waals surface area contributed by atoms with Crippen LogP contribution in [0.2, 0.25) is 0 Å². The number of hydrogen-bond acceptors (Lipinski definition) is 7. The van der Waals surface area contributed by atoms with Crippen molar-refractivity contribution in [2.45, 2.75) is 26.2 Å².